The molecule has 304 valence electrons. The summed E-state index contributed by atoms with van der Waals surface area (Å²) in [5.41, 5.74) is 4.19. The highest BCUT2D eigenvalue weighted by Gasteiger charge is 2.50. The highest BCUT2D eigenvalue weighted by molar-refractivity contribution is 8.13. The fourth-order valence-corrected chi connectivity index (χ4v) is 7.96. The number of nitrogen functional groups attached to an aromatic ring is 1. The number of aliphatic hydroxyl groups is 2. The van der Waals surface area contributed by atoms with Crippen LogP contribution in [-0.2, 0) is 55.5 Å². The smallest absolute Gasteiger partial charge is 0.481 e. The average Bonchev–Trinajstić information content (AvgIpc) is 3.60. The van der Waals surface area contributed by atoms with E-state index in [0.29, 0.717) is 0 Å². The van der Waals surface area contributed by atoms with Crippen LogP contribution in [0, 0.1) is 5.41 Å². The molecule has 30 heteroatoms. The van der Waals surface area contributed by atoms with Gasteiger partial charge in [-0.25, -0.2) is 28.6 Å². The second-order valence-electron chi connectivity index (χ2n) is 11.9. The number of carbonyl (C=O) groups is 4. The van der Waals surface area contributed by atoms with Gasteiger partial charge >= 0.3 is 29.4 Å². The number of phosphoric ester groups is 3. The molecule has 1 fully saturated rings. The van der Waals surface area contributed by atoms with Gasteiger partial charge < -0.3 is 56.0 Å². The number of aromatic nitrogens is 4. The van der Waals surface area contributed by atoms with Crippen molar-refractivity contribution in [1.29, 1.82) is 0 Å². The zero-order valence-corrected chi connectivity index (χ0v) is 31.6. The predicted octanol–water partition coefficient (Wildman–Crippen LogP) is -1.86. The number of amides is 2. The molecule has 2 unspecified atom stereocenters. The van der Waals surface area contributed by atoms with Crippen LogP contribution in [0.15, 0.2) is 12.7 Å². The van der Waals surface area contributed by atoms with Gasteiger partial charge in [-0.15, -0.1) is 0 Å². The number of phosphoric acid groups is 3. The van der Waals surface area contributed by atoms with Gasteiger partial charge in [0.2, 0.25) is 11.8 Å². The Morgan fingerprint density at radius 2 is 1.72 bits per heavy atom. The van der Waals surface area contributed by atoms with Crippen molar-refractivity contribution in [3.05, 3.63) is 12.7 Å². The number of fused-ring (bicyclic) bond motifs is 1. The second kappa shape index (κ2) is 18.8. The number of hydrogen-bond donors (Lipinski definition) is 10. The zero-order chi connectivity index (χ0) is 40.6. The topological polar surface area (TPSA) is 401 Å². The van der Waals surface area contributed by atoms with E-state index < -0.39 is 102 Å². The number of thioether (sulfide) groups is 1. The van der Waals surface area contributed by atoms with Crippen molar-refractivity contribution in [2.75, 3.05) is 37.8 Å². The fourth-order valence-electron chi connectivity index (χ4n) is 4.47. The number of carboxylic acid groups (broad SMARTS) is 1. The molecular formula is C24H38N7O19P3S. The normalized spacial score (nSPS) is 21.9. The average molecular weight is 854 g/mol. The number of anilines is 1. The van der Waals surface area contributed by atoms with Crippen molar-refractivity contribution in [3.8, 4) is 0 Å². The van der Waals surface area contributed by atoms with Crippen LogP contribution >= 0.6 is 35.2 Å². The lowest BCUT2D eigenvalue weighted by Gasteiger charge is -2.30. The summed E-state index contributed by atoms with van der Waals surface area (Å²) in [6.07, 6.45) is -7.78. The Labute approximate surface area is 308 Å². The molecule has 0 radical (unpaired) electrons. The highest BCUT2D eigenvalue weighted by Crippen LogP contribution is 2.61. The first-order valence-corrected chi connectivity index (χ1v) is 20.7. The number of imidazole rings is 1. The number of nitrogens with zero attached hydrogens (tertiary/aromatic N) is 4. The Hall–Kier alpha value is -2.97. The van der Waals surface area contributed by atoms with E-state index in [1.807, 2.05) is 0 Å². The number of ether oxygens (including phenoxy) is 1. The molecule has 2 aromatic heterocycles. The van der Waals surface area contributed by atoms with Gasteiger partial charge in [-0.1, -0.05) is 25.6 Å². The summed E-state index contributed by atoms with van der Waals surface area (Å²) in [7, 11) is -16.4. The minimum Gasteiger partial charge on any atom is -0.481 e. The summed E-state index contributed by atoms with van der Waals surface area (Å²) in [6, 6.07) is 0. The molecule has 0 aromatic carbocycles. The molecule has 0 saturated carbocycles. The number of carboxylic acids is 1. The van der Waals surface area contributed by atoms with Gasteiger partial charge in [0.15, 0.2) is 22.8 Å². The zero-order valence-electron chi connectivity index (χ0n) is 28.1. The van der Waals surface area contributed by atoms with E-state index in [2.05, 4.69) is 34.4 Å². The first-order chi connectivity index (χ1) is 24.9. The Morgan fingerprint density at radius 3 is 2.37 bits per heavy atom. The SMILES string of the molecule is CC(C)(COP(=O)(O)OP(=O)(O)OC[C@H]1O[C@@H](n2cnc3c(N)ncnc32)[C@H](O)[C@H]1OP(=O)(O)O)[C@@H](O)C(=O)NCCC(=O)NCCSC(=O)CC(=O)O. The largest absolute Gasteiger partial charge is 0.481 e. The van der Waals surface area contributed by atoms with Crippen molar-refractivity contribution < 1.29 is 90.4 Å². The summed E-state index contributed by atoms with van der Waals surface area (Å²) < 4.78 is 61.8. The molecule has 1 aliphatic heterocycles. The third kappa shape index (κ3) is 13.6. The van der Waals surface area contributed by atoms with Gasteiger partial charge in [-0.3, -0.25) is 37.3 Å². The maximum Gasteiger partial charge on any atom is 0.481 e. The van der Waals surface area contributed by atoms with Crippen LogP contribution in [0.5, 0.6) is 0 Å². The number of hydrogen-bond acceptors (Lipinski definition) is 19. The minimum absolute atomic E-state index is 0.0185. The molecule has 3 rings (SSSR count). The first-order valence-electron chi connectivity index (χ1n) is 15.2. The Bertz CT molecular complexity index is 1830. The number of carbonyl (C=O) groups excluding carboxylic acids is 3. The summed E-state index contributed by atoms with van der Waals surface area (Å²) in [5, 5.41) is 34.0. The number of aliphatic carboxylic acids is 1. The minimum atomic E-state index is -5.59. The number of nitrogens with one attached hydrogen (secondary N) is 2. The molecule has 26 nitrogen and oxygen atoms in total. The van der Waals surface area contributed by atoms with Crippen molar-refractivity contribution in [2.45, 2.75) is 57.3 Å². The molecule has 0 bridgehead atoms. The molecule has 7 atom stereocenters. The molecule has 0 spiro atoms. The van der Waals surface area contributed by atoms with E-state index in [-0.39, 0.29) is 42.2 Å². The molecule has 54 heavy (non-hydrogen) atoms. The van der Waals surface area contributed by atoms with Gasteiger partial charge in [-0.2, -0.15) is 4.31 Å². The Kier molecular flexibility index (Phi) is 15.8. The molecule has 1 aliphatic rings. The quantitative estimate of drug-likeness (QED) is 0.0374. The monoisotopic (exact) mass is 853 g/mol. The molecule has 1 saturated heterocycles. The predicted molar refractivity (Wildman–Crippen MR) is 179 cm³/mol. The highest BCUT2D eigenvalue weighted by atomic mass is 32.2. The van der Waals surface area contributed by atoms with E-state index >= 15 is 0 Å². The van der Waals surface area contributed by atoms with Crippen LogP contribution < -0.4 is 16.4 Å². The van der Waals surface area contributed by atoms with Gasteiger partial charge in [0, 0.05) is 30.7 Å². The number of rotatable bonds is 21. The van der Waals surface area contributed by atoms with Crippen molar-refractivity contribution >= 4 is 75.1 Å². The van der Waals surface area contributed by atoms with Gasteiger partial charge in [0.25, 0.3) is 0 Å². The Balaban J connectivity index is 1.51. The van der Waals surface area contributed by atoms with Crippen molar-refractivity contribution in [1.82, 2.24) is 30.2 Å². The third-order valence-electron chi connectivity index (χ3n) is 7.06. The first kappa shape index (κ1) is 45.4. The molecular weight excluding hydrogens is 815 g/mol. The van der Waals surface area contributed by atoms with Gasteiger partial charge in [0.05, 0.1) is 19.5 Å². The number of nitrogens with two attached hydrogens (primary N) is 1. The summed E-state index contributed by atoms with van der Waals surface area (Å²) in [6.45, 7) is 0.132. The van der Waals surface area contributed by atoms with Crippen molar-refractivity contribution in [3.63, 3.8) is 0 Å². The molecule has 3 heterocycles. The third-order valence-corrected chi connectivity index (χ3v) is 11.0. The maximum atomic E-state index is 12.6. The van der Waals surface area contributed by atoms with Gasteiger partial charge in [0.1, 0.15) is 42.7 Å². The summed E-state index contributed by atoms with van der Waals surface area (Å²) in [5.74, 6) is -2.80. The fraction of sp³-hybridized carbons (Fsp3) is 0.625. The standard InChI is InChI=1S/C24H38N7O19P3S/c1-24(2,19(37)22(38)27-4-3-13(32)26-5-6-54-15(35)7-14(33)34)9-47-53(44,45)50-52(42,43)46-8-12-18(49-51(39,40)41)17(36)23(48-12)31-11-30-16-20(25)28-10-29-21(16)31/h10-12,17-19,23,36-37H,3-9H2,1-2H3,(H,26,32)(H,27,38)(H,33,34)(H,42,43)(H,44,45)(H2,25,28,29)(H2,39,40,41)/t12-,17-,18+,19+,23-/m1/s1. The van der Waals surface area contributed by atoms with E-state index in [0.717, 1.165) is 29.0 Å². The lowest BCUT2D eigenvalue weighted by atomic mass is 9.87. The van der Waals surface area contributed by atoms with E-state index in [9.17, 15) is 62.7 Å². The maximum absolute atomic E-state index is 12.6. The van der Waals surface area contributed by atoms with Gasteiger partial charge in [-0.05, 0) is 0 Å². The van der Waals surface area contributed by atoms with Crippen molar-refractivity contribution in [2.24, 2.45) is 5.41 Å². The second-order valence-corrected chi connectivity index (χ2v) is 17.2. The van der Waals surface area contributed by atoms with Crippen LogP contribution in [0.1, 0.15) is 32.9 Å². The lowest BCUT2D eigenvalue weighted by molar-refractivity contribution is -0.139. The van der Waals surface area contributed by atoms with Crippen LogP contribution in [0.25, 0.3) is 11.2 Å². The summed E-state index contributed by atoms with van der Waals surface area (Å²) in [4.78, 5) is 97.0. The van der Waals surface area contributed by atoms with Crippen LogP contribution in [0.4, 0.5) is 5.82 Å². The molecule has 11 N–H and O–H groups in total. The molecule has 2 amide bonds. The lowest BCUT2D eigenvalue weighted by Crippen LogP contribution is -2.46. The van der Waals surface area contributed by atoms with Crippen LogP contribution in [0.3, 0.4) is 0 Å². The summed E-state index contributed by atoms with van der Waals surface area (Å²) >= 11 is 0.718. The Morgan fingerprint density at radius 1 is 1.06 bits per heavy atom. The van der Waals surface area contributed by atoms with Crippen LogP contribution in [-0.4, -0.2) is 134 Å². The van der Waals surface area contributed by atoms with Crippen LogP contribution in [0.2, 0.25) is 0 Å². The number of aliphatic hydroxyl groups excluding tert-OH is 2. The molecule has 0 aliphatic carbocycles. The molecule has 2 aromatic rings. The van der Waals surface area contributed by atoms with E-state index in [1.54, 1.807) is 0 Å². The van der Waals surface area contributed by atoms with E-state index in [4.69, 9.17) is 24.6 Å². The van der Waals surface area contributed by atoms with E-state index in [1.165, 1.54) is 13.8 Å².